The van der Waals surface area contributed by atoms with Crippen LogP contribution in [-0.2, 0) is 24.2 Å². The first-order chi connectivity index (χ1) is 13.0. The Labute approximate surface area is 168 Å². The summed E-state index contributed by atoms with van der Waals surface area (Å²) in [7, 11) is 4.06. The number of fused-ring (bicyclic) bond motifs is 3. The number of aromatic nitrogens is 2. The predicted molar refractivity (Wildman–Crippen MR) is 113 cm³/mol. The van der Waals surface area contributed by atoms with Gasteiger partial charge in [0.25, 0.3) is 5.56 Å². The zero-order valence-corrected chi connectivity index (χ0v) is 18.0. The van der Waals surface area contributed by atoms with Gasteiger partial charge in [-0.2, -0.15) is 0 Å². The van der Waals surface area contributed by atoms with Crippen molar-refractivity contribution in [2.24, 2.45) is 0 Å². The van der Waals surface area contributed by atoms with Crippen LogP contribution in [0.1, 0.15) is 36.6 Å². The Morgan fingerprint density at radius 3 is 2.85 bits per heavy atom. The predicted octanol–water partition coefficient (Wildman–Crippen LogP) is 2.52. The molecule has 0 aromatic carbocycles. The Bertz CT molecular complexity index is 873. The second kappa shape index (κ2) is 9.21. The third kappa shape index (κ3) is 4.73. The first-order valence-electron chi connectivity index (χ1n) is 9.60. The summed E-state index contributed by atoms with van der Waals surface area (Å²) in [5, 5.41) is 4.29. The van der Waals surface area contributed by atoms with E-state index < -0.39 is 0 Å². The number of aryl methyl sites for hydroxylation is 2. The van der Waals surface area contributed by atoms with E-state index in [1.165, 1.54) is 28.6 Å². The molecule has 3 rings (SSSR count). The highest BCUT2D eigenvalue weighted by molar-refractivity contribution is 7.99. The monoisotopic (exact) mass is 408 g/mol. The maximum Gasteiger partial charge on any atom is 0.263 e. The van der Waals surface area contributed by atoms with Crippen LogP contribution in [0.4, 0.5) is 0 Å². The van der Waals surface area contributed by atoms with Gasteiger partial charge in [0.15, 0.2) is 5.16 Å². The third-order valence-corrected chi connectivity index (χ3v) is 6.90. The lowest BCUT2D eigenvalue weighted by molar-refractivity contribution is -0.118. The molecule has 6 nitrogen and oxygen atoms in total. The van der Waals surface area contributed by atoms with Gasteiger partial charge in [-0.3, -0.25) is 14.2 Å². The molecule has 2 heterocycles. The Morgan fingerprint density at radius 1 is 1.33 bits per heavy atom. The molecule has 0 saturated heterocycles. The molecule has 0 bridgehead atoms. The van der Waals surface area contributed by atoms with E-state index in [1.807, 2.05) is 21.0 Å². The number of thioether (sulfide) groups is 1. The van der Waals surface area contributed by atoms with Crippen LogP contribution in [0.2, 0.25) is 0 Å². The Kier molecular flexibility index (Phi) is 6.94. The number of nitrogens with one attached hydrogen (secondary N) is 1. The van der Waals surface area contributed by atoms with Crippen molar-refractivity contribution >= 4 is 39.2 Å². The topological polar surface area (TPSA) is 67.2 Å². The molecular formula is C19H28N4O2S2. The molecule has 1 amide bonds. The number of hydrogen-bond donors (Lipinski definition) is 1. The maximum absolute atomic E-state index is 13.3. The first kappa shape index (κ1) is 20.4. The zero-order chi connectivity index (χ0) is 19.4. The van der Waals surface area contributed by atoms with Gasteiger partial charge >= 0.3 is 0 Å². The molecule has 148 valence electrons. The molecule has 0 spiro atoms. The second-order valence-corrected chi connectivity index (χ2v) is 9.17. The summed E-state index contributed by atoms with van der Waals surface area (Å²) in [6.45, 7) is 4.05. The van der Waals surface area contributed by atoms with Crippen LogP contribution in [0, 0.1) is 0 Å². The number of rotatable bonds is 8. The Morgan fingerprint density at radius 2 is 2.11 bits per heavy atom. The summed E-state index contributed by atoms with van der Waals surface area (Å²) in [4.78, 5) is 34.3. The van der Waals surface area contributed by atoms with E-state index in [4.69, 9.17) is 4.98 Å². The molecule has 8 heteroatoms. The molecule has 0 unspecified atom stereocenters. The highest BCUT2D eigenvalue weighted by atomic mass is 32.2. The van der Waals surface area contributed by atoms with Gasteiger partial charge in [-0.15, -0.1) is 11.3 Å². The number of amides is 1. The average molecular weight is 409 g/mol. The number of nitrogens with zero attached hydrogens (tertiary/aromatic N) is 3. The summed E-state index contributed by atoms with van der Waals surface area (Å²) in [5.74, 6) is 0.257. The van der Waals surface area contributed by atoms with Crippen LogP contribution >= 0.6 is 23.1 Å². The standard InChI is InChI=1S/C19H28N4O2S2/c1-4-20-15(24)12-26-19-21-17-16(13-8-5-6-9-14(13)27-17)18(25)23(19)11-7-10-22(2)3/h4-12H2,1-3H3,(H,20,24). The van der Waals surface area contributed by atoms with E-state index >= 15 is 0 Å². The summed E-state index contributed by atoms with van der Waals surface area (Å²) in [5.41, 5.74) is 1.29. The van der Waals surface area contributed by atoms with Crippen molar-refractivity contribution in [3.8, 4) is 0 Å². The van der Waals surface area contributed by atoms with Crippen molar-refractivity contribution in [2.75, 3.05) is 32.9 Å². The molecule has 0 atom stereocenters. The summed E-state index contributed by atoms with van der Waals surface area (Å²) in [6.07, 6.45) is 5.25. The SMILES string of the molecule is CCNC(=O)CSc1nc2sc3c(c2c(=O)n1CCCN(C)C)CCCC3. The fourth-order valence-electron chi connectivity index (χ4n) is 3.45. The van der Waals surface area contributed by atoms with Crippen molar-refractivity contribution in [3.05, 3.63) is 20.8 Å². The average Bonchev–Trinajstić information content (AvgIpc) is 3.00. The highest BCUT2D eigenvalue weighted by Gasteiger charge is 2.22. The molecule has 1 aliphatic carbocycles. The molecular weight excluding hydrogens is 380 g/mol. The third-order valence-electron chi connectivity index (χ3n) is 4.73. The van der Waals surface area contributed by atoms with Crippen LogP contribution < -0.4 is 10.9 Å². The normalized spacial score (nSPS) is 13.9. The number of hydrogen-bond acceptors (Lipinski definition) is 6. The van der Waals surface area contributed by atoms with Crippen molar-refractivity contribution in [1.29, 1.82) is 0 Å². The van der Waals surface area contributed by atoms with Gasteiger partial charge in [0.1, 0.15) is 4.83 Å². The second-order valence-electron chi connectivity index (χ2n) is 7.14. The van der Waals surface area contributed by atoms with Crippen LogP contribution in [0.5, 0.6) is 0 Å². The lowest BCUT2D eigenvalue weighted by Gasteiger charge is -2.15. The molecule has 27 heavy (non-hydrogen) atoms. The van der Waals surface area contributed by atoms with E-state index in [9.17, 15) is 9.59 Å². The van der Waals surface area contributed by atoms with E-state index in [0.29, 0.717) is 18.2 Å². The molecule has 2 aromatic heterocycles. The fraction of sp³-hybridized carbons (Fsp3) is 0.632. The number of carbonyl (C=O) groups excluding carboxylic acids is 1. The van der Waals surface area contributed by atoms with Crippen LogP contribution in [0.3, 0.4) is 0 Å². The smallest absolute Gasteiger partial charge is 0.263 e. The summed E-state index contributed by atoms with van der Waals surface area (Å²) < 4.78 is 1.79. The minimum Gasteiger partial charge on any atom is -0.356 e. The van der Waals surface area contributed by atoms with Gasteiger partial charge in [0.2, 0.25) is 5.91 Å². The van der Waals surface area contributed by atoms with E-state index in [1.54, 1.807) is 15.9 Å². The highest BCUT2D eigenvalue weighted by Crippen LogP contribution is 2.34. The number of carbonyl (C=O) groups is 1. The lowest BCUT2D eigenvalue weighted by Crippen LogP contribution is -2.27. The quantitative estimate of drug-likeness (QED) is 0.537. The fourth-order valence-corrected chi connectivity index (χ4v) is 5.61. The van der Waals surface area contributed by atoms with Crippen molar-refractivity contribution in [2.45, 2.75) is 50.7 Å². The van der Waals surface area contributed by atoms with Crippen molar-refractivity contribution in [1.82, 2.24) is 19.8 Å². The largest absolute Gasteiger partial charge is 0.356 e. The zero-order valence-electron chi connectivity index (χ0n) is 16.3. The molecule has 0 aliphatic heterocycles. The van der Waals surface area contributed by atoms with Gasteiger partial charge < -0.3 is 10.2 Å². The molecule has 0 fully saturated rings. The summed E-state index contributed by atoms with van der Waals surface area (Å²) in [6, 6.07) is 0. The van der Waals surface area contributed by atoms with E-state index in [-0.39, 0.29) is 17.2 Å². The Hall–Kier alpha value is -1.38. The van der Waals surface area contributed by atoms with Gasteiger partial charge in [-0.25, -0.2) is 4.98 Å². The van der Waals surface area contributed by atoms with Gasteiger partial charge in [-0.05, 0) is 65.2 Å². The number of thiophene rings is 1. The van der Waals surface area contributed by atoms with Crippen molar-refractivity contribution in [3.63, 3.8) is 0 Å². The molecule has 2 aromatic rings. The molecule has 1 N–H and O–H groups in total. The molecule has 0 saturated carbocycles. The van der Waals surface area contributed by atoms with Gasteiger partial charge in [-0.1, -0.05) is 11.8 Å². The minimum atomic E-state index is -0.0258. The molecule has 0 radical (unpaired) electrons. The van der Waals surface area contributed by atoms with Gasteiger partial charge in [0, 0.05) is 18.0 Å². The van der Waals surface area contributed by atoms with Crippen molar-refractivity contribution < 1.29 is 4.79 Å². The first-order valence-corrected chi connectivity index (χ1v) is 11.4. The minimum absolute atomic E-state index is 0.0258. The van der Waals surface area contributed by atoms with Crippen LogP contribution in [0.25, 0.3) is 10.2 Å². The van der Waals surface area contributed by atoms with Crippen LogP contribution in [0.15, 0.2) is 9.95 Å². The summed E-state index contributed by atoms with van der Waals surface area (Å²) >= 11 is 3.03. The van der Waals surface area contributed by atoms with Gasteiger partial charge in [0.05, 0.1) is 11.1 Å². The Balaban J connectivity index is 1.97. The van der Waals surface area contributed by atoms with E-state index in [2.05, 4.69) is 10.2 Å². The maximum atomic E-state index is 13.3. The lowest BCUT2D eigenvalue weighted by atomic mass is 9.97. The van der Waals surface area contributed by atoms with Crippen LogP contribution in [-0.4, -0.2) is 53.3 Å². The molecule has 1 aliphatic rings. The van der Waals surface area contributed by atoms with E-state index in [0.717, 1.165) is 42.4 Å².